The Morgan fingerprint density at radius 3 is 2.59 bits per heavy atom. The van der Waals surface area contributed by atoms with Gasteiger partial charge in [0.25, 0.3) is 5.91 Å². The summed E-state index contributed by atoms with van der Waals surface area (Å²) in [6.07, 6.45) is 0.0425. The van der Waals surface area contributed by atoms with Gasteiger partial charge >= 0.3 is 5.97 Å². The Morgan fingerprint density at radius 1 is 1.25 bits per heavy atom. The number of nitrogens with zero attached hydrogens (tertiary/aromatic N) is 2. The molecule has 1 atom stereocenters. The number of ether oxygens (including phenoxy) is 1. The molecule has 0 unspecified atom stereocenters. The van der Waals surface area contributed by atoms with Crippen LogP contribution in [0.4, 0.5) is 5.82 Å². The minimum Gasteiger partial charge on any atom is -0.460 e. The topological polar surface area (TPSA) is 149 Å². The van der Waals surface area contributed by atoms with E-state index in [1.807, 2.05) is 6.07 Å². The lowest BCUT2D eigenvalue weighted by Gasteiger charge is -2.25. The molecule has 2 amide bonds. The third kappa shape index (κ3) is 5.23. The average Bonchev–Trinajstić information content (AvgIpc) is 3.01. The van der Waals surface area contributed by atoms with Crippen LogP contribution < -0.4 is 11.5 Å². The second-order valence-corrected chi connectivity index (χ2v) is 8.79. The summed E-state index contributed by atoms with van der Waals surface area (Å²) in [5.74, 6) is -1.18. The summed E-state index contributed by atoms with van der Waals surface area (Å²) in [6, 6.07) is 7.59. The summed E-state index contributed by atoms with van der Waals surface area (Å²) in [6.45, 7) is 5.28. The Balaban J connectivity index is 1.80. The van der Waals surface area contributed by atoms with Crippen LogP contribution in [0.25, 0.3) is 11.3 Å². The number of nitrogen functional groups attached to an aromatic ring is 1. The summed E-state index contributed by atoms with van der Waals surface area (Å²) in [7, 11) is 0. The summed E-state index contributed by atoms with van der Waals surface area (Å²) in [4.78, 5) is 42.8. The first-order valence-electron chi connectivity index (χ1n) is 10.3. The smallest absolute Gasteiger partial charge is 0.306 e. The molecule has 1 aliphatic rings. The third-order valence-electron chi connectivity index (χ3n) is 5.07. The Labute approximate surface area is 186 Å². The third-order valence-corrected chi connectivity index (χ3v) is 5.07. The lowest BCUT2D eigenvalue weighted by molar-refractivity contribution is -0.155. The number of amides is 2. The largest absolute Gasteiger partial charge is 0.460 e. The molecule has 2 aromatic rings. The van der Waals surface area contributed by atoms with Crippen molar-refractivity contribution in [2.45, 2.75) is 58.4 Å². The standard InChI is InChI=1S/C23H28N4O5/c1-23(2,3)32-20(29)7-6-18(21(25)30)27-11-15-10-14(4-5-16(15)22(27)31)17-8-13(12-28)9-19(24)26-17/h4-5,8-10,18,28H,6-7,11-12H2,1-3H3,(H2,24,26)(H2,25,30)/t18-/m0/s1. The van der Waals surface area contributed by atoms with E-state index in [0.717, 1.165) is 5.56 Å². The molecule has 0 bridgehead atoms. The first-order chi connectivity index (χ1) is 15.0. The minimum atomic E-state index is -0.933. The van der Waals surface area contributed by atoms with Gasteiger partial charge in [0.05, 0.1) is 12.3 Å². The summed E-state index contributed by atoms with van der Waals surface area (Å²) < 4.78 is 5.28. The predicted octanol–water partition coefficient (Wildman–Crippen LogP) is 1.75. The Hall–Kier alpha value is -3.46. The molecule has 0 radical (unpaired) electrons. The lowest BCUT2D eigenvalue weighted by atomic mass is 10.0. The highest BCUT2D eigenvalue weighted by atomic mass is 16.6. The van der Waals surface area contributed by atoms with Crippen molar-refractivity contribution in [2.75, 3.05) is 5.73 Å². The van der Waals surface area contributed by atoms with E-state index in [-0.39, 0.29) is 37.7 Å². The second kappa shape index (κ2) is 8.96. The van der Waals surface area contributed by atoms with Gasteiger partial charge in [-0.3, -0.25) is 14.4 Å². The van der Waals surface area contributed by atoms with E-state index < -0.39 is 23.5 Å². The van der Waals surface area contributed by atoms with Gasteiger partial charge in [-0.25, -0.2) is 4.98 Å². The molecule has 170 valence electrons. The summed E-state index contributed by atoms with van der Waals surface area (Å²) in [5.41, 5.74) is 13.8. The first-order valence-corrected chi connectivity index (χ1v) is 10.3. The van der Waals surface area contributed by atoms with E-state index in [1.54, 1.807) is 45.0 Å². The maximum absolute atomic E-state index is 13.0. The Kier molecular flexibility index (Phi) is 6.50. The molecule has 1 aromatic carbocycles. The molecule has 0 saturated heterocycles. The molecule has 0 spiro atoms. The number of aromatic nitrogens is 1. The van der Waals surface area contributed by atoms with Crippen molar-refractivity contribution >= 4 is 23.6 Å². The van der Waals surface area contributed by atoms with Crippen molar-refractivity contribution < 1.29 is 24.2 Å². The molecule has 1 aromatic heterocycles. The van der Waals surface area contributed by atoms with E-state index in [0.29, 0.717) is 22.4 Å². The fourth-order valence-electron chi connectivity index (χ4n) is 3.70. The van der Waals surface area contributed by atoms with Crippen molar-refractivity contribution in [3.8, 4) is 11.3 Å². The summed E-state index contributed by atoms with van der Waals surface area (Å²) >= 11 is 0. The normalized spacial score (nSPS) is 14.2. The van der Waals surface area contributed by atoms with Crippen LogP contribution in [-0.2, 0) is 27.5 Å². The highest BCUT2D eigenvalue weighted by molar-refractivity contribution is 6.01. The molecular formula is C23H28N4O5. The molecule has 0 saturated carbocycles. The number of hydrogen-bond donors (Lipinski definition) is 3. The zero-order chi connectivity index (χ0) is 23.6. The maximum atomic E-state index is 13.0. The van der Waals surface area contributed by atoms with Gasteiger partial charge in [-0.1, -0.05) is 6.07 Å². The van der Waals surface area contributed by atoms with E-state index in [4.69, 9.17) is 16.2 Å². The molecule has 0 aliphatic carbocycles. The van der Waals surface area contributed by atoms with Crippen molar-refractivity contribution in [3.05, 3.63) is 47.0 Å². The number of hydrogen-bond acceptors (Lipinski definition) is 7. The van der Waals surface area contributed by atoms with Crippen molar-refractivity contribution in [1.82, 2.24) is 9.88 Å². The highest BCUT2D eigenvalue weighted by Gasteiger charge is 2.36. The van der Waals surface area contributed by atoms with Crippen molar-refractivity contribution in [3.63, 3.8) is 0 Å². The fraction of sp³-hybridized carbons (Fsp3) is 0.391. The number of pyridine rings is 1. The molecule has 9 nitrogen and oxygen atoms in total. The predicted molar refractivity (Wildman–Crippen MR) is 118 cm³/mol. The van der Waals surface area contributed by atoms with Gasteiger partial charge in [0.2, 0.25) is 5.91 Å². The number of aliphatic hydroxyl groups excluding tert-OH is 1. The Morgan fingerprint density at radius 2 is 1.97 bits per heavy atom. The monoisotopic (exact) mass is 440 g/mol. The van der Waals surface area contributed by atoms with Crippen LogP contribution in [0.1, 0.15) is 55.1 Å². The molecular weight excluding hydrogens is 412 g/mol. The number of benzene rings is 1. The number of fused-ring (bicyclic) bond motifs is 1. The number of esters is 1. The van der Waals surface area contributed by atoms with Gasteiger partial charge in [-0.15, -0.1) is 0 Å². The number of rotatable bonds is 7. The molecule has 5 N–H and O–H groups in total. The van der Waals surface area contributed by atoms with Crippen LogP contribution in [-0.4, -0.2) is 44.4 Å². The van der Waals surface area contributed by atoms with Crippen LogP contribution in [0.15, 0.2) is 30.3 Å². The number of carbonyl (C=O) groups is 3. The number of nitrogens with two attached hydrogens (primary N) is 2. The van der Waals surface area contributed by atoms with Gasteiger partial charge in [0.15, 0.2) is 0 Å². The molecule has 0 fully saturated rings. The molecule has 3 rings (SSSR count). The number of aliphatic hydroxyl groups is 1. The molecule has 2 heterocycles. The van der Waals surface area contributed by atoms with E-state index in [1.165, 1.54) is 4.90 Å². The SMILES string of the molecule is CC(C)(C)OC(=O)CC[C@@H](C(N)=O)N1Cc2cc(-c3cc(CO)cc(N)n3)ccc2C1=O. The van der Waals surface area contributed by atoms with E-state index in [2.05, 4.69) is 4.98 Å². The number of anilines is 1. The van der Waals surface area contributed by atoms with Crippen LogP contribution >= 0.6 is 0 Å². The van der Waals surface area contributed by atoms with Gasteiger partial charge in [-0.05, 0) is 62.6 Å². The number of carbonyl (C=O) groups excluding carboxylic acids is 3. The van der Waals surface area contributed by atoms with E-state index >= 15 is 0 Å². The van der Waals surface area contributed by atoms with E-state index in [9.17, 15) is 19.5 Å². The number of primary amides is 1. The Bertz CT molecular complexity index is 1060. The second-order valence-electron chi connectivity index (χ2n) is 8.79. The average molecular weight is 441 g/mol. The van der Waals surface area contributed by atoms with Crippen LogP contribution in [0.3, 0.4) is 0 Å². The van der Waals surface area contributed by atoms with Gasteiger partial charge < -0.3 is 26.2 Å². The van der Waals surface area contributed by atoms with Gasteiger partial charge in [-0.2, -0.15) is 0 Å². The van der Waals surface area contributed by atoms with Crippen LogP contribution in [0.5, 0.6) is 0 Å². The molecule has 9 heteroatoms. The van der Waals surface area contributed by atoms with Crippen LogP contribution in [0.2, 0.25) is 0 Å². The summed E-state index contributed by atoms with van der Waals surface area (Å²) in [5, 5.41) is 9.41. The quantitative estimate of drug-likeness (QED) is 0.555. The highest BCUT2D eigenvalue weighted by Crippen LogP contribution is 2.30. The van der Waals surface area contributed by atoms with Crippen LogP contribution in [0, 0.1) is 0 Å². The zero-order valence-electron chi connectivity index (χ0n) is 18.4. The zero-order valence-corrected chi connectivity index (χ0v) is 18.4. The lowest BCUT2D eigenvalue weighted by Crippen LogP contribution is -2.45. The van der Waals surface area contributed by atoms with Crippen molar-refractivity contribution in [1.29, 1.82) is 0 Å². The van der Waals surface area contributed by atoms with Gasteiger partial charge in [0, 0.05) is 24.1 Å². The first kappa shape index (κ1) is 23.2. The van der Waals surface area contributed by atoms with Gasteiger partial charge in [0.1, 0.15) is 17.5 Å². The minimum absolute atomic E-state index is 0.0343. The molecule has 1 aliphatic heterocycles. The fourth-order valence-corrected chi connectivity index (χ4v) is 3.70. The maximum Gasteiger partial charge on any atom is 0.306 e. The van der Waals surface area contributed by atoms with Crippen molar-refractivity contribution in [2.24, 2.45) is 5.73 Å². The molecule has 32 heavy (non-hydrogen) atoms.